The van der Waals surface area contributed by atoms with Crippen LogP contribution in [-0.4, -0.2) is 29.4 Å². The predicted octanol–water partition coefficient (Wildman–Crippen LogP) is 4.11. The third-order valence-corrected chi connectivity index (χ3v) is 4.01. The molecule has 0 N–H and O–H groups in total. The summed E-state index contributed by atoms with van der Waals surface area (Å²) in [6.45, 7) is 6.65. The van der Waals surface area contributed by atoms with Gasteiger partial charge in [-0.15, -0.1) is 0 Å². The molecule has 0 aromatic heterocycles. The number of amides is 1. The number of hydrogen-bond donors (Lipinski definition) is 0. The maximum atomic E-state index is 12.5. The average molecular weight is 400 g/mol. The Morgan fingerprint density at radius 2 is 1.72 bits per heavy atom. The molecular formula is C21H24N2O6. The van der Waals surface area contributed by atoms with Crippen LogP contribution in [0.4, 0.5) is 11.4 Å². The minimum absolute atomic E-state index is 0.0223. The van der Waals surface area contributed by atoms with Crippen molar-refractivity contribution in [2.75, 3.05) is 11.9 Å². The van der Waals surface area contributed by atoms with Gasteiger partial charge in [0.15, 0.2) is 0 Å². The summed E-state index contributed by atoms with van der Waals surface area (Å²) in [6, 6.07) is 10.9. The Bertz CT molecular complexity index is 916. The topological polar surface area (TPSA) is 99.0 Å². The molecule has 0 heterocycles. The van der Waals surface area contributed by atoms with Gasteiger partial charge in [0.05, 0.1) is 10.5 Å². The molecule has 0 atom stereocenters. The van der Waals surface area contributed by atoms with Gasteiger partial charge >= 0.3 is 5.97 Å². The van der Waals surface area contributed by atoms with Crippen molar-refractivity contribution in [2.24, 2.45) is 0 Å². The van der Waals surface area contributed by atoms with Crippen LogP contribution in [0.5, 0.6) is 5.75 Å². The fourth-order valence-electron chi connectivity index (χ4n) is 2.44. The Morgan fingerprint density at radius 3 is 2.24 bits per heavy atom. The fourth-order valence-corrected chi connectivity index (χ4v) is 2.44. The fraction of sp³-hybridized carbons (Fsp3) is 0.333. The Balaban J connectivity index is 2.22. The van der Waals surface area contributed by atoms with Crippen molar-refractivity contribution in [3.8, 4) is 5.75 Å². The van der Waals surface area contributed by atoms with Gasteiger partial charge in [-0.05, 0) is 51.1 Å². The van der Waals surface area contributed by atoms with E-state index < -0.39 is 16.5 Å². The summed E-state index contributed by atoms with van der Waals surface area (Å²) in [5.41, 5.74) is 0.330. The van der Waals surface area contributed by atoms with Crippen molar-refractivity contribution in [2.45, 2.75) is 39.9 Å². The van der Waals surface area contributed by atoms with Crippen LogP contribution < -0.4 is 9.64 Å². The van der Waals surface area contributed by atoms with Crippen molar-refractivity contribution in [1.29, 1.82) is 0 Å². The van der Waals surface area contributed by atoms with Crippen LogP contribution in [0.15, 0.2) is 42.5 Å². The SMILES string of the molecule is CC(=O)N(C)c1ccc(OCc2ccc([N+](=O)[O-])cc2C(=O)OC(C)(C)C)cc1. The number of nitro benzene ring substituents is 1. The van der Waals surface area contributed by atoms with Gasteiger partial charge in [0.2, 0.25) is 5.91 Å². The van der Waals surface area contributed by atoms with E-state index in [0.29, 0.717) is 11.3 Å². The van der Waals surface area contributed by atoms with Crippen molar-refractivity contribution in [3.63, 3.8) is 0 Å². The number of esters is 1. The number of rotatable bonds is 6. The lowest BCUT2D eigenvalue weighted by molar-refractivity contribution is -0.384. The Labute approximate surface area is 169 Å². The van der Waals surface area contributed by atoms with Gasteiger partial charge < -0.3 is 14.4 Å². The number of hydrogen-bond acceptors (Lipinski definition) is 6. The molecule has 2 rings (SSSR count). The number of benzene rings is 2. The molecule has 0 aliphatic rings. The molecular weight excluding hydrogens is 376 g/mol. The van der Waals surface area contributed by atoms with Crippen LogP contribution >= 0.6 is 0 Å². The summed E-state index contributed by atoms with van der Waals surface area (Å²) >= 11 is 0. The highest BCUT2D eigenvalue weighted by atomic mass is 16.6. The lowest BCUT2D eigenvalue weighted by Crippen LogP contribution is -2.25. The van der Waals surface area contributed by atoms with E-state index in [2.05, 4.69) is 0 Å². The summed E-state index contributed by atoms with van der Waals surface area (Å²) in [6.07, 6.45) is 0. The molecule has 154 valence electrons. The number of nitrogens with zero attached hydrogens (tertiary/aromatic N) is 2. The number of nitro groups is 1. The molecule has 8 heteroatoms. The first-order valence-electron chi connectivity index (χ1n) is 8.96. The summed E-state index contributed by atoms with van der Waals surface area (Å²) in [5, 5.41) is 11.1. The Hall–Kier alpha value is -3.42. The van der Waals surface area contributed by atoms with Crippen LogP contribution in [0.25, 0.3) is 0 Å². The highest BCUT2D eigenvalue weighted by molar-refractivity contribution is 5.92. The van der Waals surface area contributed by atoms with Crippen LogP contribution in [0.1, 0.15) is 43.6 Å². The van der Waals surface area contributed by atoms with Crippen LogP contribution in [0.2, 0.25) is 0 Å². The highest BCUT2D eigenvalue weighted by Crippen LogP contribution is 2.24. The molecule has 8 nitrogen and oxygen atoms in total. The third kappa shape index (κ3) is 6.03. The van der Waals surface area contributed by atoms with E-state index >= 15 is 0 Å². The molecule has 0 spiro atoms. The molecule has 29 heavy (non-hydrogen) atoms. The summed E-state index contributed by atoms with van der Waals surface area (Å²) in [4.78, 5) is 35.9. The molecule has 0 radical (unpaired) electrons. The molecule has 0 saturated heterocycles. The van der Waals surface area contributed by atoms with Gasteiger partial charge in [-0.25, -0.2) is 4.79 Å². The maximum absolute atomic E-state index is 12.5. The zero-order valence-corrected chi connectivity index (χ0v) is 17.1. The van der Waals surface area contributed by atoms with Crippen LogP contribution in [-0.2, 0) is 16.1 Å². The minimum Gasteiger partial charge on any atom is -0.489 e. The minimum atomic E-state index is -0.738. The van der Waals surface area contributed by atoms with E-state index in [9.17, 15) is 19.7 Å². The Kier molecular flexibility index (Phi) is 6.58. The van der Waals surface area contributed by atoms with Crippen molar-refractivity contribution in [3.05, 3.63) is 63.7 Å². The summed E-state index contributed by atoms with van der Waals surface area (Å²) in [7, 11) is 1.67. The van der Waals surface area contributed by atoms with Crippen molar-refractivity contribution in [1.82, 2.24) is 0 Å². The van der Waals surface area contributed by atoms with Gasteiger partial charge in [0.25, 0.3) is 5.69 Å². The molecule has 0 saturated carbocycles. The smallest absolute Gasteiger partial charge is 0.339 e. The first-order valence-corrected chi connectivity index (χ1v) is 8.96. The monoisotopic (exact) mass is 400 g/mol. The molecule has 0 aliphatic carbocycles. The zero-order chi connectivity index (χ0) is 21.8. The van der Waals surface area contributed by atoms with Gasteiger partial charge in [0, 0.05) is 37.4 Å². The van der Waals surface area contributed by atoms with Crippen LogP contribution in [0.3, 0.4) is 0 Å². The largest absolute Gasteiger partial charge is 0.489 e. The second-order valence-corrected chi connectivity index (χ2v) is 7.46. The molecule has 2 aromatic carbocycles. The lowest BCUT2D eigenvalue weighted by atomic mass is 10.1. The standard InChI is InChI=1S/C21H24N2O6/c1-14(24)22(5)16-8-10-18(11-9-16)28-13-15-6-7-17(23(26)27)12-19(15)20(25)29-21(2,3)4/h6-12H,13H2,1-5H3. The first kappa shape index (κ1) is 21.9. The molecule has 1 amide bonds. The molecule has 0 fully saturated rings. The number of carbonyl (C=O) groups is 2. The van der Waals surface area contributed by atoms with E-state index in [-0.39, 0.29) is 23.8 Å². The van der Waals surface area contributed by atoms with E-state index in [0.717, 1.165) is 5.69 Å². The maximum Gasteiger partial charge on any atom is 0.339 e. The van der Waals surface area contributed by atoms with Crippen molar-refractivity contribution < 1.29 is 24.0 Å². The van der Waals surface area contributed by atoms with E-state index in [4.69, 9.17) is 9.47 Å². The van der Waals surface area contributed by atoms with E-state index in [1.54, 1.807) is 52.1 Å². The predicted molar refractivity (Wildman–Crippen MR) is 108 cm³/mol. The van der Waals surface area contributed by atoms with E-state index in [1.807, 2.05) is 0 Å². The molecule has 2 aromatic rings. The Morgan fingerprint density at radius 1 is 1.10 bits per heavy atom. The second kappa shape index (κ2) is 8.72. The molecule has 0 unspecified atom stereocenters. The number of ether oxygens (including phenoxy) is 2. The normalized spacial score (nSPS) is 10.9. The number of anilines is 1. The van der Waals surface area contributed by atoms with Crippen LogP contribution in [0, 0.1) is 10.1 Å². The van der Waals surface area contributed by atoms with Gasteiger partial charge in [0.1, 0.15) is 18.0 Å². The van der Waals surface area contributed by atoms with Gasteiger partial charge in [-0.2, -0.15) is 0 Å². The number of non-ortho nitro benzene ring substituents is 1. The van der Waals surface area contributed by atoms with Gasteiger partial charge in [-0.1, -0.05) is 0 Å². The highest BCUT2D eigenvalue weighted by Gasteiger charge is 2.23. The summed E-state index contributed by atoms with van der Waals surface area (Å²) < 4.78 is 11.1. The zero-order valence-electron chi connectivity index (χ0n) is 17.1. The van der Waals surface area contributed by atoms with E-state index in [1.165, 1.54) is 30.0 Å². The summed E-state index contributed by atoms with van der Waals surface area (Å²) in [5.74, 6) is -0.219. The lowest BCUT2D eigenvalue weighted by Gasteiger charge is -2.20. The quantitative estimate of drug-likeness (QED) is 0.411. The molecule has 0 aliphatic heterocycles. The third-order valence-electron chi connectivity index (χ3n) is 4.01. The number of carbonyl (C=O) groups excluding carboxylic acids is 2. The second-order valence-electron chi connectivity index (χ2n) is 7.46. The van der Waals surface area contributed by atoms with Gasteiger partial charge in [-0.3, -0.25) is 14.9 Å². The molecule has 0 bridgehead atoms. The first-order chi connectivity index (χ1) is 13.5. The van der Waals surface area contributed by atoms with Crippen molar-refractivity contribution >= 4 is 23.3 Å². The average Bonchev–Trinajstić information content (AvgIpc) is 2.64.